The van der Waals surface area contributed by atoms with Crippen LogP contribution in [0.25, 0.3) is 0 Å². The lowest BCUT2D eigenvalue weighted by atomic mass is 10.0. The summed E-state index contributed by atoms with van der Waals surface area (Å²) < 4.78 is 0. The molecule has 0 fully saturated rings. The van der Waals surface area contributed by atoms with E-state index in [1.54, 1.807) is 61.9 Å². The van der Waals surface area contributed by atoms with Gasteiger partial charge in [-0.3, -0.25) is 9.59 Å². The maximum atomic E-state index is 12.9. The van der Waals surface area contributed by atoms with Gasteiger partial charge in [-0.15, -0.1) is 0 Å². The Balaban J connectivity index is 1.84. The summed E-state index contributed by atoms with van der Waals surface area (Å²) in [6.45, 7) is 0. The highest BCUT2D eigenvalue weighted by Gasteiger charge is 2.20. The third kappa shape index (κ3) is 4.15. The van der Waals surface area contributed by atoms with E-state index in [4.69, 9.17) is 11.6 Å². The Bertz CT molecular complexity index is 914. The normalized spacial score (nSPS) is 10.5. The van der Waals surface area contributed by atoms with Gasteiger partial charge in [0.15, 0.2) is 10.9 Å². The van der Waals surface area contributed by atoms with Crippen LogP contribution in [-0.2, 0) is 4.79 Å². The molecule has 2 aromatic carbocycles. The summed E-state index contributed by atoms with van der Waals surface area (Å²) in [4.78, 5) is 33.9. The van der Waals surface area contributed by atoms with E-state index in [0.29, 0.717) is 27.0 Å². The molecule has 0 spiro atoms. The van der Waals surface area contributed by atoms with Crippen LogP contribution in [0.3, 0.4) is 0 Å². The van der Waals surface area contributed by atoms with Crippen LogP contribution in [0, 0.1) is 0 Å². The number of carbonyl (C=O) groups is 2. The number of halogens is 1. The number of imidazole rings is 1. The van der Waals surface area contributed by atoms with E-state index >= 15 is 0 Å². The van der Waals surface area contributed by atoms with E-state index in [-0.39, 0.29) is 17.4 Å². The number of carbonyl (C=O) groups excluding carboxylic acids is 2. The Morgan fingerprint density at radius 2 is 1.96 bits per heavy atom. The number of benzene rings is 2. The van der Waals surface area contributed by atoms with E-state index in [9.17, 15) is 9.59 Å². The lowest BCUT2D eigenvalue weighted by molar-refractivity contribution is -0.115. The highest BCUT2D eigenvalue weighted by Crippen LogP contribution is 2.27. The van der Waals surface area contributed by atoms with Gasteiger partial charge in [0, 0.05) is 35.6 Å². The van der Waals surface area contributed by atoms with Crippen LogP contribution in [0.1, 0.15) is 15.9 Å². The quantitative estimate of drug-likeness (QED) is 0.513. The Hall–Kier alpha value is -2.57. The first-order valence-electron chi connectivity index (χ1n) is 7.84. The largest absolute Gasteiger partial charge is 0.340 e. The maximum absolute atomic E-state index is 12.9. The number of nitrogens with zero attached hydrogens (tertiary/aromatic N) is 2. The number of thioether (sulfide) groups is 1. The predicted octanol–water partition coefficient (Wildman–Crippen LogP) is 4.05. The van der Waals surface area contributed by atoms with Crippen LogP contribution in [0.2, 0.25) is 5.02 Å². The minimum atomic E-state index is -0.179. The fourth-order valence-electron chi connectivity index (χ4n) is 2.42. The van der Waals surface area contributed by atoms with Crippen molar-refractivity contribution in [3.63, 3.8) is 0 Å². The Kier molecular flexibility index (Phi) is 5.75. The van der Waals surface area contributed by atoms with Crippen molar-refractivity contribution < 1.29 is 9.59 Å². The second-order valence-electron chi connectivity index (χ2n) is 5.49. The van der Waals surface area contributed by atoms with Crippen molar-refractivity contribution in [2.24, 2.45) is 0 Å². The number of hydrogen-bond acceptors (Lipinski definition) is 4. The van der Waals surface area contributed by atoms with Gasteiger partial charge in [-0.25, -0.2) is 4.98 Å². The predicted molar refractivity (Wildman–Crippen MR) is 104 cm³/mol. The first-order chi connectivity index (χ1) is 12.6. The number of aromatic nitrogens is 2. The number of anilines is 1. The molecule has 0 unspecified atom stereocenters. The fraction of sp³-hybridized carbons (Fsp3) is 0.105. The lowest BCUT2D eigenvalue weighted by Gasteiger charge is -2.20. The molecule has 0 bridgehead atoms. The van der Waals surface area contributed by atoms with E-state index < -0.39 is 0 Å². The van der Waals surface area contributed by atoms with Gasteiger partial charge in [0.25, 0.3) is 0 Å². The molecule has 0 aliphatic heterocycles. The zero-order chi connectivity index (χ0) is 18.5. The Morgan fingerprint density at radius 3 is 2.65 bits per heavy atom. The molecule has 3 aromatic rings. The van der Waals surface area contributed by atoms with Crippen molar-refractivity contribution in [1.82, 2.24) is 9.97 Å². The van der Waals surface area contributed by atoms with Crippen LogP contribution in [0.15, 0.2) is 66.1 Å². The highest BCUT2D eigenvalue weighted by molar-refractivity contribution is 7.99. The van der Waals surface area contributed by atoms with Crippen LogP contribution in [-0.4, -0.2) is 34.5 Å². The van der Waals surface area contributed by atoms with Gasteiger partial charge in [0.1, 0.15) is 0 Å². The molecule has 0 radical (unpaired) electrons. The number of aromatic amines is 1. The van der Waals surface area contributed by atoms with Crippen molar-refractivity contribution in [2.45, 2.75) is 5.16 Å². The molecule has 3 rings (SSSR count). The lowest BCUT2D eigenvalue weighted by Crippen LogP contribution is -2.29. The van der Waals surface area contributed by atoms with Crippen molar-refractivity contribution in [3.8, 4) is 0 Å². The van der Waals surface area contributed by atoms with Gasteiger partial charge < -0.3 is 9.88 Å². The maximum Gasteiger partial charge on any atom is 0.237 e. The second-order valence-corrected chi connectivity index (χ2v) is 6.89. The van der Waals surface area contributed by atoms with Gasteiger partial charge in [-0.05, 0) is 18.2 Å². The molecule has 0 saturated carbocycles. The highest BCUT2D eigenvalue weighted by atomic mass is 35.5. The Morgan fingerprint density at radius 1 is 1.19 bits per heavy atom. The average Bonchev–Trinajstić information content (AvgIpc) is 3.19. The van der Waals surface area contributed by atoms with E-state index in [0.717, 1.165) is 0 Å². The Labute approximate surface area is 160 Å². The molecule has 5 nitrogen and oxygen atoms in total. The van der Waals surface area contributed by atoms with Gasteiger partial charge in [-0.1, -0.05) is 53.7 Å². The summed E-state index contributed by atoms with van der Waals surface area (Å²) >= 11 is 7.39. The third-order valence-electron chi connectivity index (χ3n) is 3.78. The van der Waals surface area contributed by atoms with Gasteiger partial charge in [0.05, 0.1) is 11.4 Å². The first-order valence-corrected chi connectivity index (χ1v) is 9.20. The number of amides is 1. The number of nitrogens with one attached hydrogen (secondary N) is 1. The smallest absolute Gasteiger partial charge is 0.237 e. The molecule has 26 heavy (non-hydrogen) atoms. The van der Waals surface area contributed by atoms with Gasteiger partial charge in [-0.2, -0.15) is 0 Å². The van der Waals surface area contributed by atoms with E-state index in [2.05, 4.69) is 9.97 Å². The van der Waals surface area contributed by atoms with Gasteiger partial charge in [0.2, 0.25) is 5.91 Å². The molecule has 1 aromatic heterocycles. The number of ketones is 1. The monoisotopic (exact) mass is 385 g/mol. The summed E-state index contributed by atoms with van der Waals surface area (Å²) in [6, 6.07) is 13.9. The summed E-state index contributed by atoms with van der Waals surface area (Å²) in [5, 5.41) is 1.11. The standard InChI is InChI=1S/C19H16ClN3O2S/c1-23(17(24)12-26-19-21-9-10-22-19)16-8-7-14(20)11-15(16)18(25)13-5-3-2-4-6-13/h2-11H,12H2,1H3,(H,21,22). The molecule has 1 amide bonds. The summed E-state index contributed by atoms with van der Waals surface area (Å²) in [7, 11) is 1.65. The molecule has 132 valence electrons. The van der Waals surface area contributed by atoms with Crippen LogP contribution in [0.4, 0.5) is 5.69 Å². The first kappa shape index (κ1) is 18.2. The molecule has 0 aliphatic rings. The molecular formula is C19H16ClN3O2S. The minimum absolute atomic E-state index is 0.143. The molecule has 0 aliphatic carbocycles. The average molecular weight is 386 g/mol. The van der Waals surface area contributed by atoms with E-state index in [1.807, 2.05) is 6.07 Å². The molecule has 1 N–H and O–H groups in total. The summed E-state index contributed by atoms with van der Waals surface area (Å²) in [6.07, 6.45) is 3.33. The molecule has 1 heterocycles. The third-order valence-corrected chi connectivity index (χ3v) is 4.90. The zero-order valence-electron chi connectivity index (χ0n) is 14.0. The minimum Gasteiger partial charge on any atom is -0.340 e. The number of rotatable bonds is 6. The van der Waals surface area contributed by atoms with Crippen LogP contribution in [0.5, 0.6) is 0 Å². The van der Waals surface area contributed by atoms with Crippen molar-refractivity contribution in [1.29, 1.82) is 0 Å². The number of H-pyrrole nitrogens is 1. The van der Waals surface area contributed by atoms with Crippen LogP contribution >= 0.6 is 23.4 Å². The summed E-state index contributed by atoms with van der Waals surface area (Å²) in [5.41, 5.74) is 1.46. The SMILES string of the molecule is CN(C(=O)CSc1ncc[nH]1)c1ccc(Cl)cc1C(=O)c1ccccc1. The fourth-order valence-corrected chi connectivity index (χ4v) is 3.33. The second kappa shape index (κ2) is 8.21. The topological polar surface area (TPSA) is 66.1 Å². The van der Waals surface area contributed by atoms with Gasteiger partial charge >= 0.3 is 0 Å². The van der Waals surface area contributed by atoms with Crippen molar-refractivity contribution in [3.05, 3.63) is 77.1 Å². The summed E-state index contributed by atoms with van der Waals surface area (Å²) in [5.74, 6) is -0.122. The molecule has 0 atom stereocenters. The van der Waals surface area contributed by atoms with Crippen molar-refractivity contribution in [2.75, 3.05) is 17.7 Å². The zero-order valence-corrected chi connectivity index (χ0v) is 15.6. The number of hydrogen-bond donors (Lipinski definition) is 1. The molecule has 0 saturated heterocycles. The van der Waals surface area contributed by atoms with Crippen molar-refractivity contribution >= 4 is 40.7 Å². The molecule has 7 heteroatoms. The van der Waals surface area contributed by atoms with Crippen LogP contribution < -0.4 is 4.90 Å². The van der Waals surface area contributed by atoms with E-state index in [1.165, 1.54) is 16.7 Å². The molecular weight excluding hydrogens is 370 g/mol.